The third kappa shape index (κ3) is 1.83. The molecule has 11 heavy (non-hydrogen) atoms. The summed E-state index contributed by atoms with van der Waals surface area (Å²) in [5.74, 6) is 1.23. The molecule has 3 heteroatoms. The second-order valence-electron chi connectivity index (χ2n) is 2.64. The van der Waals surface area contributed by atoms with Crippen LogP contribution in [0.1, 0.15) is 5.76 Å². The van der Waals surface area contributed by atoms with Gasteiger partial charge in [0, 0.05) is 26.2 Å². The van der Waals surface area contributed by atoms with E-state index in [0.29, 0.717) is 11.6 Å². The average molecular weight is 153 g/mol. The van der Waals surface area contributed by atoms with Gasteiger partial charge in [-0.1, -0.05) is 0 Å². The first-order valence-electron chi connectivity index (χ1n) is 3.39. The van der Waals surface area contributed by atoms with Crippen LogP contribution >= 0.6 is 0 Å². The summed E-state index contributed by atoms with van der Waals surface area (Å²) in [6, 6.07) is 2.93. The van der Waals surface area contributed by atoms with E-state index in [1.807, 2.05) is 14.1 Å². The average Bonchev–Trinajstić information content (AvgIpc) is 1.85. The summed E-state index contributed by atoms with van der Waals surface area (Å²) < 4.78 is 5.25. The molecule has 0 aliphatic carbocycles. The zero-order valence-electron chi connectivity index (χ0n) is 6.92. The van der Waals surface area contributed by atoms with E-state index in [1.165, 1.54) is 12.1 Å². The van der Waals surface area contributed by atoms with Crippen molar-refractivity contribution in [1.82, 2.24) is 0 Å². The summed E-state index contributed by atoms with van der Waals surface area (Å²) in [4.78, 5) is 12.7. The molecule has 1 aromatic heterocycles. The van der Waals surface area contributed by atoms with E-state index < -0.39 is 0 Å². The van der Waals surface area contributed by atoms with E-state index in [2.05, 4.69) is 0 Å². The van der Waals surface area contributed by atoms with Crippen LogP contribution in [0.15, 0.2) is 21.3 Å². The van der Waals surface area contributed by atoms with E-state index in [0.717, 1.165) is 0 Å². The second-order valence-corrected chi connectivity index (χ2v) is 2.64. The Kier molecular flexibility index (Phi) is 1.98. The number of nitrogens with zero attached hydrogens (tertiary/aromatic N) is 1. The van der Waals surface area contributed by atoms with E-state index in [9.17, 15) is 4.79 Å². The molecular weight excluding hydrogens is 142 g/mol. The lowest BCUT2D eigenvalue weighted by molar-refractivity contribution is 0.515. The summed E-state index contributed by atoms with van der Waals surface area (Å²) in [5, 5.41) is 0. The number of rotatable bonds is 1. The lowest BCUT2D eigenvalue weighted by Crippen LogP contribution is -2.11. The zero-order valence-corrected chi connectivity index (χ0v) is 6.92. The Morgan fingerprint density at radius 2 is 2.00 bits per heavy atom. The first kappa shape index (κ1) is 7.85. The molecule has 0 saturated carbocycles. The second kappa shape index (κ2) is 2.78. The molecule has 0 amide bonds. The van der Waals surface area contributed by atoms with Gasteiger partial charge in [0.15, 0.2) is 11.3 Å². The summed E-state index contributed by atoms with van der Waals surface area (Å²) in [6.45, 7) is 1.76. The van der Waals surface area contributed by atoms with Crippen LogP contribution in [0.5, 0.6) is 0 Å². The molecule has 0 bridgehead atoms. The molecule has 0 radical (unpaired) electrons. The molecule has 60 valence electrons. The molecule has 0 spiro atoms. The van der Waals surface area contributed by atoms with Gasteiger partial charge in [0.05, 0.1) is 0 Å². The molecule has 0 aromatic carbocycles. The summed E-state index contributed by atoms with van der Waals surface area (Å²) >= 11 is 0. The Labute approximate surface area is 65.3 Å². The van der Waals surface area contributed by atoms with Gasteiger partial charge in [-0.05, 0) is 6.92 Å². The van der Waals surface area contributed by atoms with E-state index in [1.54, 1.807) is 11.8 Å². The highest BCUT2D eigenvalue weighted by Crippen LogP contribution is 2.08. The minimum atomic E-state index is -0.0162. The van der Waals surface area contributed by atoms with Gasteiger partial charge in [-0.3, -0.25) is 4.79 Å². The SMILES string of the molecule is Cc1cc(=O)cc(N(C)C)o1. The number of aryl methyl sites for hydroxylation is 1. The van der Waals surface area contributed by atoms with Crippen LogP contribution in [0.3, 0.4) is 0 Å². The first-order valence-corrected chi connectivity index (χ1v) is 3.39. The van der Waals surface area contributed by atoms with Gasteiger partial charge < -0.3 is 9.32 Å². The minimum Gasteiger partial charge on any atom is -0.446 e. The third-order valence-corrected chi connectivity index (χ3v) is 1.32. The molecule has 0 fully saturated rings. The number of hydrogen-bond acceptors (Lipinski definition) is 3. The van der Waals surface area contributed by atoms with Crippen LogP contribution in [-0.4, -0.2) is 14.1 Å². The highest BCUT2D eigenvalue weighted by atomic mass is 16.4. The molecule has 1 aromatic rings. The molecule has 1 rings (SSSR count). The van der Waals surface area contributed by atoms with E-state index >= 15 is 0 Å². The van der Waals surface area contributed by atoms with Crippen molar-refractivity contribution >= 4 is 5.88 Å². The van der Waals surface area contributed by atoms with Gasteiger partial charge in [0.2, 0.25) is 0 Å². The molecule has 1 heterocycles. The Hall–Kier alpha value is -1.25. The number of hydrogen-bond donors (Lipinski definition) is 0. The topological polar surface area (TPSA) is 33.5 Å². The molecule has 0 saturated heterocycles. The maximum atomic E-state index is 10.9. The smallest absolute Gasteiger partial charge is 0.198 e. The van der Waals surface area contributed by atoms with Crippen LogP contribution in [0.4, 0.5) is 5.88 Å². The third-order valence-electron chi connectivity index (χ3n) is 1.32. The van der Waals surface area contributed by atoms with Gasteiger partial charge >= 0.3 is 0 Å². The molecule has 0 aliphatic rings. The standard InChI is InChI=1S/C8H11NO2/c1-6-4-7(10)5-8(11-6)9(2)3/h4-5H,1-3H3. The van der Waals surface area contributed by atoms with Gasteiger partial charge in [0.25, 0.3) is 0 Å². The fourth-order valence-electron chi connectivity index (χ4n) is 0.808. The summed E-state index contributed by atoms with van der Waals surface area (Å²) in [7, 11) is 3.66. The van der Waals surface area contributed by atoms with Crippen molar-refractivity contribution in [3.63, 3.8) is 0 Å². The van der Waals surface area contributed by atoms with Crippen LogP contribution < -0.4 is 10.3 Å². The van der Waals surface area contributed by atoms with Crippen LogP contribution in [0, 0.1) is 6.92 Å². The maximum Gasteiger partial charge on any atom is 0.198 e. The highest BCUT2D eigenvalue weighted by molar-refractivity contribution is 5.32. The lowest BCUT2D eigenvalue weighted by atomic mass is 10.4. The normalized spacial score (nSPS) is 9.73. The molecular formula is C8H11NO2. The number of anilines is 1. The maximum absolute atomic E-state index is 10.9. The van der Waals surface area contributed by atoms with Crippen molar-refractivity contribution < 1.29 is 4.42 Å². The summed E-state index contributed by atoms with van der Waals surface area (Å²) in [5.41, 5.74) is -0.0162. The molecule has 0 aliphatic heterocycles. The largest absolute Gasteiger partial charge is 0.446 e. The predicted molar refractivity (Wildman–Crippen MR) is 44.0 cm³/mol. The van der Waals surface area contributed by atoms with Crippen molar-refractivity contribution in [3.05, 3.63) is 28.1 Å². The van der Waals surface area contributed by atoms with Crippen LogP contribution in [0.2, 0.25) is 0 Å². The van der Waals surface area contributed by atoms with Crippen molar-refractivity contribution in [2.45, 2.75) is 6.92 Å². The van der Waals surface area contributed by atoms with Gasteiger partial charge in [-0.25, -0.2) is 0 Å². The van der Waals surface area contributed by atoms with Crippen molar-refractivity contribution in [1.29, 1.82) is 0 Å². The fraction of sp³-hybridized carbons (Fsp3) is 0.375. The molecule has 0 atom stereocenters. The lowest BCUT2D eigenvalue weighted by Gasteiger charge is -2.09. The van der Waals surface area contributed by atoms with Crippen molar-refractivity contribution in [2.75, 3.05) is 19.0 Å². The predicted octanol–water partition coefficient (Wildman–Crippen LogP) is 1.01. The van der Waals surface area contributed by atoms with Gasteiger partial charge in [0.1, 0.15) is 5.76 Å². The van der Waals surface area contributed by atoms with E-state index in [4.69, 9.17) is 4.42 Å². The Balaban J connectivity index is 3.19. The monoisotopic (exact) mass is 153 g/mol. The quantitative estimate of drug-likeness (QED) is 0.603. The van der Waals surface area contributed by atoms with E-state index in [-0.39, 0.29) is 5.43 Å². The van der Waals surface area contributed by atoms with Gasteiger partial charge in [-0.15, -0.1) is 0 Å². The van der Waals surface area contributed by atoms with Crippen LogP contribution in [0.25, 0.3) is 0 Å². The first-order chi connectivity index (χ1) is 5.09. The fourth-order valence-corrected chi connectivity index (χ4v) is 0.808. The van der Waals surface area contributed by atoms with Gasteiger partial charge in [-0.2, -0.15) is 0 Å². The minimum absolute atomic E-state index is 0.0162. The molecule has 0 N–H and O–H groups in total. The Morgan fingerprint density at radius 3 is 2.45 bits per heavy atom. The van der Waals surface area contributed by atoms with Crippen LogP contribution in [-0.2, 0) is 0 Å². The van der Waals surface area contributed by atoms with Crippen molar-refractivity contribution in [2.24, 2.45) is 0 Å². The Morgan fingerprint density at radius 1 is 1.36 bits per heavy atom. The zero-order chi connectivity index (χ0) is 8.43. The Bertz CT molecular complexity index is 301. The molecule has 3 nitrogen and oxygen atoms in total. The highest BCUT2D eigenvalue weighted by Gasteiger charge is 1.99. The summed E-state index contributed by atoms with van der Waals surface area (Å²) in [6.07, 6.45) is 0. The molecule has 0 unspecified atom stereocenters. The van der Waals surface area contributed by atoms with Crippen molar-refractivity contribution in [3.8, 4) is 0 Å².